The molecular formula is C21H17NOS. The molecule has 0 saturated heterocycles. The Morgan fingerprint density at radius 2 is 1.62 bits per heavy atom. The summed E-state index contributed by atoms with van der Waals surface area (Å²) in [6, 6.07) is 17.9. The van der Waals surface area contributed by atoms with E-state index in [2.05, 4.69) is 13.0 Å². The van der Waals surface area contributed by atoms with Crippen LogP contribution in [0.2, 0.25) is 0 Å². The van der Waals surface area contributed by atoms with Crippen molar-refractivity contribution in [2.24, 2.45) is 0 Å². The van der Waals surface area contributed by atoms with Gasteiger partial charge in [0.2, 0.25) is 0 Å². The third-order valence-corrected chi connectivity index (χ3v) is 5.83. The van der Waals surface area contributed by atoms with Crippen molar-refractivity contribution >= 4 is 33.4 Å². The molecule has 0 spiro atoms. The van der Waals surface area contributed by atoms with Gasteiger partial charge in [0.05, 0.1) is 5.04 Å². The van der Waals surface area contributed by atoms with Crippen molar-refractivity contribution in [2.45, 2.75) is 24.7 Å². The third-order valence-electron chi connectivity index (χ3n) is 4.64. The number of carbonyl (C=O) groups is 1. The summed E-state index contributed by atoms with van der Waals surface area (Å²) in [5, 5.41) is 11.2. The fourth-order valence-electron chi connectivity index (χ4n) is 3.46. The first-order valence-electron chi connectivity index (χ1n) is 8.06. The van der Waals surface area contributed by atoms with Crippen LogP contribution in [0.5, 0.6) is 0 Å². The molecule has 0 fully saturated rings. The second kappa shape index (κ2) is 5.91. The van der Waals surface area contributed by atoms with Gasteiger partial charge >= 0.3 is 0 Å². The average molecular weight is 331 g/mol. The maximum absolute atomic E-state index is 12.4. The number of hydrogen-bond donors (Lipinski definition) is 1. The monoisotopic (exact) mass is 331 g/mol. The number of rotatable bonds is 2. The lowest BCUT2D eigenvalue weighted by Crippen LogP contribution is -2.00. The van der Waals surface area contributed by atoms with Crippen molar-refractivity contribution in [3.05, 3.63) is 76.9 Å². The molecule has 1 aliphatic carbocycles. The highest BCUT2D eigenvalue weighted by Gasteiger charge is 2.27. The van der Waals surface area contributed by atoms with Crippen LogP contribution >= 0.6 is 11.8 Å². The molecule has 0 aromatic heterocycles. The Morgan fingerprint density at radius 3 is 2.38 bits per heavy atom. The molecule has 0 unspecified atom stereocenters. The highest BCUT2D eigenvalue weighted by Crippen LogP contribution is 2.41. The topological polar surface area (TPSA) is 40.9 Å². The highest BCUT2D eigenvalue weighted by molar-refractivity contribution is 8.14. The van der Waals surface area contributed by atoms with E-state index >= 15 is 0 Å². The van der Waals surface area contributed by atoms with Crippen molar-refractivity contribution in [1.29, 1.82) is 5.41 Å². The second-order valence-electron chi connectivity index (χ2n) is 6.07. The van der Waals surface area contributed by atoms with Crippen LogP contribution in [0.1, 0.15) is 33.5 Å². The molecule has 4 rings (SSSR count). The molecule has 1 aliphatic rings. The van der Waals surface area contributed by atoms with Gasteiger partial charge in [0, 0.05) is 22.4 Å². The molecule has 0 atom stereocenters. The number of fused-ring (bicyclic) bond motifs is 3. The van der Waals surface area contributed by atoms with E-state index in [1.807, 2.05) is 48.5 Å². The number of aryl methyl sites for hydroxylation is 1. The Balaban J connectivity index is 1.89. The summed E-state index contributed by atoms with van der Waals surface area (Å²) in [6.45, 7) is 2.10. The number of ketones is 1. The minimum atomic E-state index is 0.231. The zero-order chi connectivity index (χ0) is 16.7. The van der Waals surface area contributed by atoms with Gasteiger partial charge in [-0.2, -0.15) is 0 Å². The zero-order valence-corrected chi connectivity index (χ0v) is 14.2. The van der Waals surface area contributed by atoms with Gasteiger partial charge < -0.3 is 0 Å². The highest BCUT2D eigenvalue weighted by atomic mass is 32.2. The maximum atomic E-state index is 12.4. The Bertz CT molecular complexity index is 976. The van der Waals surface area contributed by atoms with E-state index in [1.165, 1.54) is 17.3 Å². The van der Waals surface area contributed by atoms with Gasteiger partial charge in [-0.3, -0.25) is 10.2 Å². The van der Waals surface area contributed by atoms with Gasteiger partial charge in [0.25, 0.3) is 0 Å². The smallest absolute Gasteiger partial charge is 0.164 e. The van der Waals surface area contributed by atoms with E-state index in [4.69, 9.17) is 5.41 Å². The second-order valence-corrected chi connectivity index (χ2v) is 7.09. The number of carbonyl (C=O) groups excluding carboxylic acids is 1. The number of thioether (sulfide) groups is 1. The van der Waals surface area contributed by atoms with E-state index in [0.717, 1.165) is 38.8 Å². The zero-order valence-electron chi connectivity index (χ0n) is 13.4. The van der Waals surface area contributed by atoms with Crippen LogP contribution in [0.3, 0.4) is 0 Å². The maximum Gasteiger partial charge on any atom is 0.164 e. The van der Waals surface area contributed by atoms with Crippen LogP contribution in [-0.2, 0) is 6.42 Å². The molecule has 3 aromatic carbocycles. The van der Waals surface area contributed by atoms with Crippen molar-refractivity contribution in [1.82, 2.24) is 0 Å². The lowest BCUT2D eigenvalue weighted by molar-refractivity contribution is 0.0996. The molecule has 3 aromatic rings. The molecule has 0 radical (unpaired) electrons. The molecule has 118 valence electrons. The molecule has 0 bridgehead atoms. The average Bonchev–Trinajstić information content (AvgIpc) is 3.01. The Hall–Kier alpha value is -2.39. The minimum Gasteiger partial charge on any atom is -0.294 e. The lowest BCUT2D eigenvalue weighted by atomic mass is 9.96. The van der Waals surface area contributed by atoms with Gasteiger partial charge in [0.1, 0.15) is 0 Å². The number of benzene rings is 3. The SMILES string of the molecule is Cc1c(SC(=N)c2ccccc2)c2c(c3ccccc13)C(=O)CC2. The summed E-state index contributed by atoms with van der Waals surface area (Å²) in [6.07, 6.45) is 1.36. The first-order valence-corrected chi connectivity index (χ1v) is 8.87. The number of Topliss-reactive ketones (excluding diaryl/α,β-unsaturated/α-hetero) is 1. The summed E-state index contributed by atoms with van der Waals surface area (Å²) in [5.74, 6) is 0.231. The van der Waals surface area contributed by atoms with Gasteiger partial charge in [-0.15, -0.1) is 0 Å². The summed E-state index contributed by atoms with van der Waals surface area (Å²) in [4.78, 5) is 13.5. The van der Waals surface area contributed by atoms with E-state index in [0.29, 0.717) is 11.5 Å². The summed E-state index contributed by atoms with van der Waals surface area (Å²) in [7, 11) is 0. The molecule has 0 heterocycles. The van der Waals surface area contributed by atoms with Gasteiger partial charge in [-0.25, -0.2) is 0 Å². The molecular weight excluding hydrogens is 314 g/mol. The minimum absolute atomic E-state index is 0.231. The Kier molecular flexibility index (Phi) is 3.73. The molecule has 2 nitrogen and oxygen atoms in total. The summed E-state index contributed by atoms with van der Waals surface area (Å²) < 4.78 is 0. The standard InChI is InChI=1S/C21H17NOS/c1-13-15-9-5-6-10-16(15)19-17(11-12-18(19)23)20(13)24-21(22)14-7-3-2-4-8-14/h2-10,22H,11-12H2,1H3. The van der Waals surface area contributed by atoms with Gasteiger partial charge in [-0.05, 0) is 35.2 Å². The van der Waals surface area contributed by atoms with Crippen LogP contribution in [0.25, 0.3) is 10.8 Å². The largest absolute Gasteiger partial charge is 0.294 e. The lowest BCUT2D eigenvalue weighted by Gasteiger charge is -2.16. The van der Waals surface area contributed by atoms with Crippen LogP contribution in [-0.4, -0.2) is 10.8 Å². The molecule has 3 heteroatoms. The Labute approximate surface area is 145 Å². The van der Waals surface area contributed by atoms with E-state index in [1.54, 1.807) is 0 Å². The van der Waals surface area contributed by atoms with Gasteiger partial charge in [0.15, 0.2) is 5.78 Å². The van der Waals surface area contributed by atoms with E-state index in [9.17, 15) is 4.79 Å². The van der Waals surface area contributed by atoms with E-state index in [-0.39, 0.29) is 5.78 Å². The third kappa shape index (κ3) is 2.36. The fraction of sp³-hybridized carbons (Fsp3) is 0.143. The van der Waals surface area contributed by atoms with Crippen LogP contribution in [0.15, 0.2) is 59.5 Å². The molecule has 0 aliphatic heterocycles. The first kappa shape index (κ1) is 15.2. The first-order chi connectivity index (χ1) is 11.7. The number of hydrogen-bond acceptors (Lipinski definition) is 3. The number of nitrogens with one attached hydrogen (secondary N) is 1. The van der Waals surface area contributed by atoms with E-state index < -0.39 is 0 Å². The van der Waals surface area contributed by atoms with Crippen molar-refractivity contribution < 1.29 is 4.79 Å². The molecule has 0 amide bonds. The van der Waals surface area contributed by atoms with Crippen molar-refractivity contribution in [3.8, 4) is 0 Å². The molecule has 0 saturated carbocycles. The fourth-order valence-corrected chi connectivity index (χ4v) is 4.51. The van der Waals surface area contributed by atoms with Crippen LogP contribution in [0.4, 0.5) is 0 Å². The normalized spacial score (nSPS) is 13.3. The molecule has 24 heavy (non-hydrogen) atoms. The predicted octanol–water partition coefficient (Wildman–Crippen LogP) is 5.39. The summed E-state index contributed by atoms with van der Waals surface area (Å²) >= 11 is 1.48. The van der Waals surface area contributed by atoms with Crippen molar-refractivity contribution in [2.75, 3.05) is 0 Å². The summed E-state index contributed by atoms with van der Waals surface area (Å²) in [5.41, 5.74) is 4.08. The quantitative estimate of drug-likeness (QED) is 0.388. The van der Waals surface area contributed by atoms with Gasteiger partial charge in [-0.1, -0.05) is 66.4 Å². The van der Waals surface area contributed by atoms with Crippen molar-refractivity contribution in [3.63, 3.8) is 0 Å². The Morgan fingerprint density at radius 1 is 0.958 bits per heavy atom. The van der Waals surface area contributed by atoms with Crippen LogP contribution < -0.4 is 0 Å². The molecule has 1 N–H and O–H groups in total. The predicted molar refractivity (Wildman–Crippen MR) is 100 cm³/mol. The van der Waals surface area contributed by atoms with Crippen LogP contribution in [0, 0.1) is 12.3 Å².